The summed E-state index contributed by atoms with van der Waals surface area (Å²) in [5.74, 6) is -0.257. The number of rotatable bonds is 6. The summed E-state index contributed by atoms with van der Waals surface area (Å²) in [6.45, 7) is 3.75. The Bertz CT molecular complexity index is 722. The average molecular weight is 318 g/mol. The molecule has 2 rings (SSSR count). The molecule has 1 aromatic heterocycles. The minimum Gasteiger partial charge on any atom is -0.395 e. The Hall–Kier alpha value is -2.74. The van der Waals surface area contributed by atoms with E-state index in [0.29, 0.717) is 23.5 Å². The number of nitrogens with zero attached hydrogens (tertiary/aromatic N) is 3. The number of hydrogen-bond donors (Lipinski definition) is 2. The Morgan fingerprint density at radius 2 is 2.00 bits per heavy atom. The molecule has 0 saturated heterocycles. The van der Waals surface area contributed by atoms with Gasteiger partial charge in [-0.25, -0.2) is 0 Å². The molecule has 0 aliphatic rings. The third kappa shape index (κ3) is 3.72. The monoisotopic (exact) mass is 318 g/mol. The molecule has 1 amide bonds. The largest absolute Gasteiger partial charge is 0.395 e. The van der Waals surface area contributed by atoms with Crippen LogP contribution < -0.4 is 5.32 Å². The second-order valence-electron chi connectivity index (χ2n) is 5.11. The third-order valence-corrected chi connectivity index (χ3v) is 3.47. The topological polar surface area (TPSA) is 110 Å². The van der Waals surface area contributed by atoms with Crippen LogP contribution in [0, 0.1) is 24.0 Å². The van der Waals surface area contributed by atoms with Crippen LogP contribution in [0.2, 0.25) is 0 Å². The van der Waals surface area contributed by atoms with Gasteiger partial charge in [0.25, 0.3) is 5.91 Å². The SMILES string of the molecule is Cc1nn(Cc2ccc(C(=O)NCCO)cc2)c(C)c1[N+](=O)[O-]. The van der Waals surface area contributed by atoms with Crippen molar-refractivity contribution in [3.63, 3.8) is 0 Å². The van der Waals surface area contributed by atoms with Crippen molar-refractivity contribution in [1.29, 1.82) is 0 Å². The van der Waals surface area contributed by atoms with Crippen LogP contribution in [0.15, 0.2) is 24.3 Å². The van der Waals surface area contributed by atoms with Crippen molar-refractivity contribution in [2.75, 3.05) is 13.2 Å². The first-order chi connectivity index (χ1) is 10.9. The zero-order chi connectivity index (χ0) is 17.0. The van der Waals surface area contributed by atoms with Gasteiger partial charge in [-0.15, -0.1) is 0 Å². The standard InChI is InChI=1S/C15H18N4O4/c1-10-14(19(22)23)11(2)18(17-10)9-12-3-5-13(6-4-12)15(21)16-7-8-20/h3-6,20H,7-9H2,1-2H3,(H,16,21). The van der Waals surface area contributed by atoms with Crippen molar-refractivity contribution in [2.24, 2.45) is 0 Å². The van der Waals surface area contributed by atoms with E-state index in [1.54, 1.807) is 42.8 Å². The van der Waals surface area contributed by atoms with E-state index in [1.807, 2.05) is 0 Å². The van der Waals surface area contributed by atoms with E-state index in [0.717, 1.165) is 5.56 Å². The van der Waals surface area contributed by atoms with E-state index in [4.69, 9.17) is 5.11 Å². The summed E-state index contributed by atoms with van der Waals surface area (Å²) in [4.78, 5) is 22.3. The van der Waals surface area contributed by atoms with Crippen LogP contribution in [0.5, 0.6) is 0 Å². The van der Waals surface area contributed by atoms with Gasteiger partial charge in [0.1, 0.15) is 11.4 Å². The van der Waals surface area contributed by atoms with E-state index in [-0.39, 0.29) is 24.7 Å². The molecule has 0 saturated carbocycles. The van der Waals surface area contributed by atoms with Crippen molar-refractivity contribution in [3.8, 4) is 0 Å². The molecule has 23 heavy (non-hydrogen) atoms. The molecule has 122 valence electrons. The van der Waals surface area contributed by atoms with Gasteiger partial charge in [0, 0.05) is 12.1 Å². The number of nitrogens with one attached hydrogen (secondary N) is 1. The summed E-state index contributed by atoms with van der Waals surface area (Å²) in [5.41, 5.74) is 2.28. The molecule has 0 bridgehead atoms. The van der Waals surface area contributed by atoms with Crippen molar-refractivity contribution >= 4 is 11.6 Å². The Morgan fingerprint density at radius 1 is 1.35 bits per heavy atom. The van der Waals surface area contributed by atoms with E-state index in [9.17, 15) is 14.9 Å². The molecule has 0 unspecified atom stereocenters. The van der Waals surface area contributed by atoms with Crippen molar-refractivity contribution in [3.05, 3.63) is 56.9 Å². The normalized spacial score (nSPS) is 10.6. The maximum Gasteiger partial charge on any atom is 0.312 e. The lowest BCUT2D eigenvalue weighted by molar-refractivity contribution is -0.386. The summed E-state index contributed by atoms with van der Waals surface area (Å²) < 4.78 is 1.58. The van der Waals surface area contributed by atoms with E-state index in [2.05, 4.69) is 10.4 Å². The minimum absolute atomic E-state index is 0.0324. The van der Waals surface area contributed by atoms with E-state index >= 15 is 0 Å². The van der Waals surface area contributed by atoms with Crippen molar-refractivity contribution < 1.29 is 14.8 Å². The highest BCUT2D eigenvalue weighted by Crippen LogP contribution is 2.22. The predicted octanol–water partition coefficient (Wildman–Crippen LogP) is 1.18. The number of benzene rings is 1. The smallest absolute Gasteiger partial charge is 0.312 e. The molecule has 0 fully saturated rings. The lowest BCUT2D eigenvalue weighted by Crippen LogP contribution is -2.26. The maximum atomic E-state index is 11.7. The quantitative estimate of drug-likeness (QED) is 0.614. The van der Waals surface area contributed by atoms with Crippen LogP contribution in [-0.2, 0) is 6.54 Å². The summed E-state index contributed by atoms with van der Waals surface area (Å²) in [6, 6.07) is 6.89. The highest BCUT2D eigenvalue weighted by Gasteiger charge is 2.21. The first-order valence-electron chi connectivity index (χ1n) is 7.10. The van der Waals surface area contributed by atoms with Crippen LogP contribution in [0.25, 0.3) is 0 Å². The van der Waals surface area contributed by atoms with Gasteiger partial charge in [0.15, 0.2) is 0 Å². The number of carbonyl (C=O) groups excluding carboxylic acids is 1. The molecule has 0 aliphatic heterocycles. The fraction of sp³-hybridized carbons (Fsp3) is 0.333. The second-order valence-corrected chi connectivity index (χ2v) is 5.11. The Balaban J connectivity index is 2.14. The van der Waals surface area contributed by atoms with Gasteiger partial charge in [-0.2, -0.15) is 5.10 Å². The van der Waals surface area contributed by atoms with Gasteiger partial charge >= 0.3 is 5.69 Å². The van der Waals surface area contributed by atoms with E-state index < -0.39 is 4.92 Å². The van der Waals surface area contributed by atoms with Gasteiger partial charge in [-0.3, -0.25) is 19.6 Å². The Morgan fingerprint density at radius 3 is 2.52 bits per heavy atom. The van der Waals surface area contributed by atoms with Gasteiger partial charge in [0.2, 0.25) is 0 Å². The summed E-state index contributed by atoms with van der Waals surface area (Å²) >= 11 is 0. The van der Waals surface area contributed by atoms with Crippen molar-refractivity contribution in [2.45, 2.75) is 20.4 Å². The Labute approximate surface area is 132 Å². The molecule has 0 radical (unpaired) electrons. The summed E-state index contributed by atoms with van der Waals surface area (Å²) in [5, 5.41) is 26.5. The maximum absolute atomic E-state index is 11.7. The van der Waals surface area contributed by atoms with Gasteiger partial charge in [-0.1, -0.05) is 12.1 Å². The molecule has 0 aliphatic carbocycles. The molecular formula is C15H18N4O4. The van der Waals surface area contributed by atoms with Crippen LogP contribution in [0.1, 0.15) is 27.3 Å². The number of aliphatic hydroxyl groups is 1. The van der Waals surface area contributed by atoms with Gasteiger partial charge in [-0.05, 0) is 31.5 Å². The molecule has 8 nitrogen and oxygen atoms in total. The zero-order valence-corrected chi connectivity index (χ0v) is 12.9. The number of carbonyl (C=O) groups is 1. The molecule has 2 N–H and O–H groups in total. The van der Waals surface area contributed by atoms with E-state index in [1.165, 1.54) is 0 Å². The highest BCUT2D eigenvalue weighted by molar-refractivity contribution is 5.94. The number of aliphatic hydroxyl groups excluding tert-OH is 1. The second kappa shape index (κ2) is 7.01. The minimum atomic E-state index is -0.428. The summed E-state index contributed by atoms with van der Waals surface area (Å²) in [7, 11) is 0. The fourth-order valence-corrected chi connectivity index (χ4v) is 2.31. The lowest BCUT2D eigenvalue weighted by Gasteiger charge is -2.06. The molecular weight excluding hydrogens is 300 g/mol. The molecule has 1 aromatic carbocycles. The summed E-state index contributed by atoms with van der Waals surface area (Å²) in [6.07, 6.45) is 0. The lowest BCUT2D eigenvalue weighted by atomic mass is 10.1. The van der Waals surface area contributed by atoms with Crippen LogP contribution in [0.4, 0.5) is 5.69 Å². The number of amides is 1. The molecule has 2 aromatic rings. The zero-order valence-electron chi connectivity index (χ0n) is 12.9. The van der Waals surface area contributed by atoms with Crippen molar-refractivity contribution in [1.82, 2.24) is 15.1 Å². The predicted molar refractivity (Wildman–Crippen MR) is 83.3 cm³/mol. The molecule has 0 atom stereocenters. The number of hydrogen-bond acceptors (Lipinski definition) is 5. The van der Waals surface area contributed by atoms with Crippen LogP contribution in [-0.4, -0.2) is 38.9 Å². The van der Waals surface area contributed by atoms with Crippen LogP contribution in [0.3, 0.4) is 0 Å². The van der Waals surface area contributed by atoms with Gasteiger partial charge < -0.3 is 10.4 Å². The first kappa shape index (κ1) is 16.6. The highest BCUT2D eigenvalue weighted by atomic mass is 16.6. The fourth-order valence-electron chi connectivity index (χ4n) is 2.31. The molecule has 8 heteroatoms. The Kier molecular flexibility index (Phi) is 5.07. The van der Waals surface area contributed by atoms with Gasteiger partial charge in [0.05, 0.1) is 18.1 Å². The van der Waals surface area contributed by atoms with Crippen LogP contribution >= 0.6 is 0 Å². The average Bonchev–Trinajstić information content (AvgIpc) is 2.79. The number of nitro groups is 1. The number of aryl methyl sites for hydroxylation is 1. The number of aromatic nitrogens is 2. The molecule has 0 spiro atoms. The first-order valence-corrected chi connectivity index (χ1v) is 7.10. The third-order valence-electron chi connectivity index (χ3n) is 3.47. The molecule has 1 heterocycles.